The maximum atomic E-state index is 11.9. The van der Waals surface area contributed by atoms with E-state index in [0.717, 1.165) is 37.9 Å². The van der Waals surface area contributed by atoms with Gasteiger partial charge in [0.05, 0.1) is 18.6 Å². The Morgan fingerprint density at radius 3 is 2.82 bits per heavy atom. The van der Waals surface area contributed by atoms with Gasteiger partial charge in [0, 0.05) is 25.7 Å². The molecular weight excluding hydrogens is 360 g/mol. The topological polar surface area (TPSA) is 134 Å². The largest absolute Gasteiger partial charge is 0.478 e. The van der Waals surface area contributed by atoms with Gasteiger partial charge in [0.1, 0.15) is 11.8 Å². The number of nitrogens with zero attached hydrogens (tertiary/aromatic N) is 4. The van der Waals surface area contributed by atoms with Crippen LogP contribution in [-0.2, 0) is 4.79 Å². The molecule has 1 saturated heterocycles. The third-order valence-electron chi connectivity index (χ3n) is 4.31. The fraction of sp³-hybridized carbons (Fsp3) is 0.421. The van der Waals surface area contributed by atoms with Crippen LogP contribution in [0.4, 0.5) is 0 Å². The van der Waals surface area contributed by atoms with Crippen LogP contribution in [0.25, 0.3) is 0 Å². The number of allylic oxidation sites excluding steroid dienone is 2. The highest BCUT2D eigenvalue weighted by Gasteiger charge is 2.14. The third kappa shape index (κ3) is 7.17. The van der Waals surface area contributed by atoms with Crippen LogP contribution in [0.15, 0.2) is 35.5 Å². The van der Waals surface area contributed by atoms with Crippen LogP contribution in [0, 0.1) is 17.2 Å². The summed E-state index contributed by atoms with van der Waals surface area (Å²) in [6.07, 6.45) is 9.36. The number of nitrogens with one attached hydrogen (secondary N) is 2. The van der Waals surface area contributed by atoms with E-state index in [-0.39, 0.29) is 18.1 Å². The van der Waals surface area contributed by atoms with Gasteiger partial charge in [-0.3, -0.25) is 14.7 Å². The van der Waals surface area contributed by atoms with Gasteiger partial charge in [-0.05, 0) is 30.9 Å². The molecule has 0 aromatic carbocycles. The van der Waals surface area contributed by atoms with E-state index in [1.807, 2.05) is 6.07 Å². The minimum absolute atomic E-state index is 0.0592. The molecule has 1 aliphatic heterocycles. The average molecular weight is 384 g/mol. The number of hydrogen-bond acceptors (Lipinski definition) is 6. The molecule has 9 nitrogen and oxygen atoms in total. The minimum Gasteiger partial charge on any atom is -0.478 e. The summed E-state index contributed by atoms with van der Waals surface area (Å²) in [7, 11) is 0. The lowest BCUT2D eigenvalue weighted by Gasteiger charge is -2.28. The number of aliphatic carboxylic acids is 1. The first kappa shape index (κ1) is 21.1. The maximum absolute atomic E-state index is 11.9. The van der Waals surface area contributed by atoms with Crippen molar-refractivity contribution in [3.8, 4) is 6.07 Å². The Hall–Kier alpha value is -3.25. The molecule has 0 bridgehead atoms. The summed E-state index contributed by atoms with van der Waals surface area (Å²) in [5, 5.41) is 20.2. The van der Waals surface area contributed by atoms with Crippen molar-refractivity contribution in [2.75, 3.05) is 26.3 Å². The van der Waals surface area contributed by atoms with E-state index in [2.05, 4.69) is 32.1 Å². The third-order valence-corrected chi connectivity index (χ3v) is 4.31. The molecule has 9 heteroatoms. The van der Waals surface area contributed by atoms with Crippen LogP contribution in [0.3, 0.4) is 0 Å². The lowest BCUT2D eigenvalue weighted by atomic mass is 10.00. The molecule has 0 radical (unpaired) electrons. The SMILES string of the molecule is CC1CCN(CN=C(/C=C\CNC(=O)c2ncc(C#N)[nH]2)/C=C/C(=O)O)CC1. The van der Waals surface area contributed by atoms with E-state index >= 15 is 0 Å². The summed E-state index contributed by atoms with van der Waals surface area (Å²) in [5.74, 6) is -0.696. The summed E-state index contributed by atoms with van der Waals surface area (Å²) in [6, 6.07) is 1.86. The summed E-state index contributed by atoms with van der Waals surface area (Å²) in [4.78, 5) is 35.8. The number of carbonyl (C=O) groups excluding carboxylic acids is 1. The van der Waals surface area contributed by atoms with Crippen LogP contribution in [0.2, 0.25) is 0 Å². The molecule has 2 rings (SSSR count). The summed E-state index contributed by atoms with van der Waals surface area (Å²) in [5.41, 5.74) is 0.723. The number of likely N-dealkylation sites (tertiary alicyclic amines) is 1. The van der Waals surface area contributed by atoms with Gasteiger partial charge >= 0.3 is 5.97 Å². The first-order chi connectivity index (χ1) is 13.5. The molecular formula is C19H24N6O3. The van der Waals surface area contributed by atoms with Crippen LogP contribution in [-0.4, -0.2) is 63.9 Å². The number of hydrogen-bond donors (Lipinski definition) is 3. The molecule has 1 fully saturated rings. The van der Waals surface area contributed by atoms with E-state index < -0.39 is 11.9 Å². The fourth-order valence-corrected chi connectivity index (χ4v) is 2.61. The van der Waals surface area contributed by atoms with Crippen molar-refractivity contribution in [2.24, 2.45) is 10.9 Å². The molecule has 2 heterocycles. The van der Waals surface area contributed by atoms with E-state index in [0.29, 0.717) is 12.4 Å². The van der Waals surface area contributed by atoms with Crippen LogP contribution < -0.4 is 5.32 Å². The highest BCUT2D eigenvalue weighted by Crippen LogP contribution is 2.15. The lowest BCUT2D eigenvalue weighted by molar-refractivity contribution is -0.131. The van der Waals surface area contributed by atoms with Gasteiger partial charge in [0.25, 0.3) is 5.91 Å². The van der Waals surface area contributed by atoms with E-state index in [1.54, 1.807) is 12.2 Å². The van der Waals surface area contributed by atoms with E-state index in [1.165, 1.54) is 12.3 Å². The van der Waals surface area contributed by atoms with Gasteiger partial charge in [-0.1, -0.05) is 13.0 Å². The van der Waals surface area contributed by atoms with Gasteiger partial charge in [-0.15, -0.1) is 0 Å². The number of aromatic nitrogens is 2. The van der Waals surface area contributed by atoms with Crippen molar-refractivity contribution >= 4 is 17.6 Å². The second kappa shape index (κ2) is 10.8. The number of nitriles is 1. The number of piperidine rings is 1. The fourth-order valence-electron chi connectivity index (χ4n) is 2.61. The zero-order valence-electron chi connectivity index (χ0n) is 15.8. The summed E-state index contributed by atoms with van der Waals surface area (Å²) >= 11 is 0. The molecule has 28 heavy (non-hydrogen) atoms. The zero-order valence-corrected chi connectivity index (χ0v) is 15.8. The second-order valence-electron chi connectivity index (χ2n) is 6.57. The highest BCUT2D eigenvalue weighted by molar-refractivity contribution is 6.06. The molecule has 0 atom stereocenters. The molecule has 3 N–H and O–H groups in total. The second-order valence-corrected chi connectivity index (χ2v) is 6.57. The van der Waals surface area contributed by atoms with Crippen LogP contribution in [0.5, 0.6) is 0 Å². The van der Waals surface area contributed by atoms with Gasteiger partial charge in [-0.25, -0.2) is 9.78 Å². The van der Waals surface area contributed by atoms with Crippen molar-refractivity contribution < 1.29 is 14.7 Å². The number of rotatable bonds is 8. The number of carbonyl (C=O) groups is 2. The van der Waals surface area contributed by atoms with Gasteiger partial charge in [0.2, 0.25) is 0 Å². The van der Waals surface area contributed by atoms with Crippen molar-refractivity contribution in [1.82, 2.24) is 20.2 Å². The maximum Gasteiger partial charge on any atom is 0.328 e. The number of aromatic amines is 1. The monoisotopic (exact) mass is 384 g/mol. The normalized spacial score (nSPS) is 16.5. The first-order valence-corrected chi connectivity index (χ1v) is 9.05. The molecule has 1 aliphatic rings. The van der Waals surface area contributed by atoms with Crippen LogP contribution >= 0.6 is 0 Å². The Morgan fingerprint density at radius 2 is 2.18 bits per heavy atom. The Labute approximate surface area is 163 Å². The Kier molecular flexibility index (Phi) is 8.11. The lowest BCUT2D eigenvalue weighted by Crippen LogP contribution is -2.33. The number of imidazole rings is 1. The number of carboxylic acid groups (broad SMARTS) is 1. The number of aliphatic imine (C=N–C) groups is 1. The quantitative estimate of drug-likeness (QED) is 0.457. The van der Waals surface area contributed by atoms with E-state index in [9.17, 15) is 9.59 Å². The number of H-pyrrole nitrogens is 1. The molecule has 1 amide bonds. The number of carboxylic acids is 1. The van der Waals surface area contributed by atoms with Gasteiger partial charge in [0.15, 0.2) is 5.82 Å². The van der Waals surface area contributed by atoms with Gasteiger partial charge < -0.3 is 15.4 Å². The van der Waals surface area contributed by atoms with Crippen molar-refractivity contribution in [3.05, 3.63) is 42.0 Å². The molecule has 0 spiro atoms. The van der Waals surface area contributed by atoms with E-state index in [4.69, 9.17) is 10.4 Å². The number of amides is 1. The Morgan fingerprint density at radius 1 is 1.43 bits per heavy atom. The van der Waals surface area contributed by atoms with Crippen molar-refractivity contribution in [1.29, 1.82) is 5.26 Å². The first-order valence-electron chi connectivity index (χ1n) is 9.05. The van der Waals surface area contributed by atoms with Crippen molar-refractivity contribution in [3.63, 3.8) is 0 Å². The molecule has 1 aromatic heterocycles. The highest BCUT2D eigenvalue weighted by atomic mass is 16.4. The molecule has 148 valence electrons. The smallest absolute Gasteiger partial charge is 0.328 e. The minimum atomic E-state index is -1.05. The van der Waals surface area contributed by atoms with Crippen LogP contribution in [0.1, 0.15) is 36.1 Å². The summed E-state index contributed by atoms with van der Waals surface area (Å²) in [6.45, 7) is 4.92. The Bertz CT molecular complexity index is 810. The molecule has 1 aromatic rings. The zero-order chi connectivity index (χ0) is 20.4. The standard InChI is InChI=1S/C19H24N6O3/c1-14-6-9-25(10-7-14)13-23-15(4-5-17(26)27)3-2-8-21-19(28)18-22-12-16(11-20)24-18/h2-5,12,14H,6-10,13H2,1H3,(H,21,28)(H,22,24)(H,26,27)/b3-2-,5-4+,23-15?. The average Bonchev–Trinajstić information content (AvgIpc) is 3.17. The Balaban J connectivity index is 1.89. The van der Waals surface area contributed by atoms with Crippen molar-refractivity contribution in [2.45, 2.75) is 19.8 Å². The molecule has 0 saturated carbocycles. The predicted molar refractivity (Wildman–Crippen MR) is 104 cm³/mol. The molecule has 0 aliphatic carbocycles. The predicted octanol–water partition coefficient (Wildman–Crippen LogP) is 1.34. The summed E-state index contributed by atoms with van der Waals surface area (Å²) < 4.78 is 0. The molecule has 0 unspecified atom stereocenters. The van der Waals surface area contributed by atoms with Gasteiger partial charge in [-0.2, -0.15) is 5.26 Å².